The molecule has 0 bridgehead atoms. The number of para-hydroxylation sites is 3. The molecular formula is C21H21N5OS. The van der Waals surface area contributed by atoms with Gasteiger partial charge in [0.05, 0.1) is 34.5 Å². The number of hydrogen-bond donors (Lipinski definition) is 2. The zero-order valence-corrected chi connectivity index (χ0v) is 16.3. The fraction of sp³-hybridized carbons (Fsp3) is 0.190. The van der Waals surface area contributed by atoms with Crippen LogP contribution in [0, 0.1) is 0 Å². The Morgan fingerprint density at radius 2 is 1.96 bits per heavy atom. The van der Waals surface area contributed by atoms with Crippen LogP contribution in [0.5, 0.6) is 0 Å². The molecule has 0 aliphatic heterocycles. The van der Waals surface area contributed by atoms with Crippen LogP contribution in [0.4, 0.5) is 0 Å². The largest absolute Gasteiger partial charge is 0.342 e. The van der Waals surface area contributed by atoms with Gasteiger partial charge < -0.3 is 10.3 Å². The van der Waals surface area contributed by atoms with Gasteiger partial charge in [-0.05, 0) is 42.7 Å². The van der Waals surface area contributed by atoms with Crippen LogP contribution < -0.4 is 5.32 Å². The summed E-state index contributed by atoms with van der Waals surface area (Å²) in [7, 11) is 0. The number of nitrogens with one attached hydrogen (secondary N) is 2. The highest BCUT2D eigenvalue weighted by molar-refractivity contribution is 7.98. The molecule has 2 N–H and O–H groups in total. The smallest absolute Gasteiger partial charge is 0.255 e. The summed E-state index contributed by atoms with van der Waals surface area (Å²) >= 11 is 1.75. The van der Waals surface area contributed by atoms with E-state index >= 15 is 0 Å². The second kappa shape index (κ2) is 8.31. The SMILES string of the molecule is CSCC[C@@H](NC(=O)c1cnn(-c2ccccc2)c1)c1nc2ccccc2[nH]1. The standard InChI is InChI=1S/C21H21N5OS/c1-28-12-11-19(20-23-17-9-5-6-10-18(17)24-20)25-21(27)15-13-22-26(14-15)16-7-3-2-4-8-16/h2-10,13-14,19H,11-12H2,1H3,(H,23,24)(H,25,27)/t19-/m1/s1. The molecule has 0 aliphatic rings. The van der Waals surface area contributed by atoms with Gasteiger partial charge in [-0.2, -0.15) is 16.9 Å². The fourth-order valence-electron chi connectivity index (χ4n) is 3.05. The highest BCUT2D eigenvalue weighted by atomic mass is 32.2. The number of aromatic amines is 1. The van der Waals surface area contributed by atoms with Crippen molar-refractivity contribution in [2.75, 3.05) is 12.0 Å². The predicted molar refractivity (Wildman–Crippen MR) is 113 cm³/mol. The molecule has 2 aromatic carbocycles. The van der Waals surface area contributed by atoms with Gasteiger partial charge in [-0.1, -0.05) is 30.3 Å². The third-order valence-electron chi connectivity index (χ3n) is 4.52. The molecule has 0 spiro atoms. The van der Waals surface area contributed by atoms with Gasteiger partial charge in [0, 0.05) is 6.20 Å². The number of imidazole rings is 1. The van der Waals surface area contributed by atoms with E-state index in [0.29, 0.717) is 5.56 Å². The van der Waals surface area contributed by atoms with Gasteiger partial charge in [0.25, 0.3) is 5.91 Å². The Morgan fingerprint density at radius 1 is 1.18 bits per heavy atom. The first-order valence-electron chi connectivity index (χ1n) is 9.09. The van der Waals surface area contributed by atoms with Crippen molar-refractivity contribution in [3.63, 3.8) is 0 Å². The molecule has 0 saturated carbocycles. The van der Waals surface area contributed by atoms with Crippen molar-refractivity contribution in [1.82, 2.24) is 25.1 Å². The van der Waals surface area contributed by atoms with Gasteiger partial charge in [-0.3, -0.25) is 4.79 Å². The summed E-state index contributed by atoms with van der Waals surface area (Å²) < 4.78 is 1.70. The lowest BCUT2D eigenvalue weighted by Gasteiger charge is -2.15. The minimum absolute atomic E-state index is 0.159. The third-order valence-corrected chi connectivity index (χ3v) is 5.16. The van der Waals surface area contributed by atoms with Crippen molar-refractivity contribution in [1.29, 1.82) is 0 Å². The minimum Gasteiger partial charge on any atom is -0.342 e. The van der Waals surface area contributed by atoms with Crippen molar-refractivity contribution >= 4 is 28.7 Å². The van der Waals surface area contributed by atoms with Gasteiger partial charge in [-0.15, -0.1) is 0 Å². The maximum atomic E-state index is 12.8. The first kappa shape index (κ1) is 18.3. The Hall–Kier alpha value is -3.06. The number of carbonyl (C=O) groups excluding carboxylic acids is 1. The summed E-state index contributed by atoms with van der Waals surface area (Å²) in [5, 5.41) is 7.42. The highest BCUT2D eigenvalue weighted by Gasteiger charge is 2.20. The van der Waals surface area contributed by atoms with Crippen molar-refractivity contribution < 1.29 is 4.79 Å². The Labute approximate surface area is 167 Å². The van der Waals surface area contributed by atoms with Crippen molar-refractivity contribution in [3.8, 4) is 5.69 Å². The zero-order valence-electron chi connectivity index (χ0n) is 15.5. The molecule has 0 unspecified atom stereocenters. The molecule has 2 aromatic heterocycles. The Morgan fingerprint density at radius 3 is 2.75 bits per heavy atom. The summed E-state index contributed by atoms with van der Waals surface area (Å²) in [5.74, 6) is 1.54. The first-order chi connectivity index (χ1) is 13.7. The molecule has 0 saturated heterocycles. The second-order valence-electron chi connectivity index (χ2n) is 6.46. The van der Waals surface area contributed by atoms with Gasteiger partial charge in [0.15, 0.2) is 0 Å². The number of rotatable bonds is 7. The topological polar surface area (TPSA) is 75.6 Å². The zero-order chi connectivity index (χ0) is 19.3. The lowest BCUT2D eigenvalue weighted by atomic mass is 10.2. The number of amides is 1. The lowest BCUT2D eigenvalue weighted by molar-refractivity contribution is 0.0934. The Kier molecular flexibility index (Phi) is 5.43. The molecule has 1 amide bonds. The van der Waals surface area contributed by atoms with Crippen LogP contribution in [0.3, 0.4) is 0 Å². The van der Waals surface area contributed by atoms with Gasteiger partial charge >= 0.3 is 0 Å². The quantitative estimate of drug-likeness (QED) is 0.500. The number of nitrogens with zero attached hydrogens (tertiary/aromatic N) is 3. The van der Waals surface area contributed by atoms with Crippen LogP contribution in [0.2, 0.25) is 0 Å². The monoisotopic (exact) mass is 391 g/mol. The van der Waals surface area contributed by atoms with E-state index in [1.807, 2.05) is 54.6 Å². The second-order valence-corrected chi connectivity index (χ2v) is 7.44. The number of thioether (sulfide) groups is 1. The van der Waals surface area contributed by atoms with Crippen molar-refractivity contribution in [2.24, 2.45) is 0 Å². The minimum atomic E-state index is -0.188. The molecule has 7 heteroatoms. The van der Waals surface area contributed by atoms with Crippen LogP contribution in [0.25, 0.3) is 16.7 Å². The van der Waals surface area contributed by atoms with Gasteiger partial charge in [0.2, 0.25) is 0 Å². The van der Waals surface area contributed by atoms with E-state index in [1.165, 1.54) is 0 Å². The van der Waals surface area contributed by atoms with E-state index in [2.05, 4.69) is 26.6 Å². The van der Waals surface area contributed by atoms with Crippen molar-refractivity contribution in [3.05, 3.63) is 78.4 Å². The molecule has 0 radical (unpaired) electrons. The molecule has 0 aliphatic carbocycles. The van der Waals surface area contributed by atoms with E-state index in [-0.39, 0.29) is 11.9 Å². The van der Waals surface area contributed by atoms with Crippen LogP contribution in [-0.4, -0.2) is 37.7 Å². The van der Waals surface area contributed by atoms with E-state index < -0.39 is 0 Å². The van der Waals surface area contributed by atoms with Crippen LogP contribution in [-0.2, 0) is 0 Å². The van der Waals surface area contributed by atoms with E-state index in [0.717, 1.165) is 34.7 Å². The number of fused-ring (bicyclic) bond motifs is 1. The first-order valence-corrected chi connectivity index (χ1v) is 10.5. The van der Waals surface area contributed by atoms with E-state index in [4.69, 9.17) is 0 Å². The van der Waals surface area contributed by atoms with E-state index in [1.54, 1.807) is 28.8 Å². The van der Waals surface area contributed by atoms with Crippen molar-refractivity contribution in [2.45, 2.75) is 12.5 Å². The molecule has 142 valence electrons. The molecule has 2 heterocycles. The maximum Gasteiger partial charge on any atom is 0.255 e. The molecular weight excluding hydrogens is 370 g/mol. The van der Waals surface area contributed by atoms with Gasteiger partial charge in [0.1, 0.15) is 5.82 Å². The molecule has 1 atom stereocenters. The summed E-state index contributed by atoms with van der Waals surface area (Å²) in [6.07, 6.45) is 6.18. The number of hydrogen-bond acceptors (Lipinski definition) is 4. The summed E-state index contributed by atoms with van der Waals surface area (Å²) in [4.78, 5) is 20.8. The van der Waals surface area contributed by atoms with Crippen LogP contribution in [0.1, 0.15) is 28.6 Å². The number of carbonyl (C=O) groups is 1. The molecule has 28 heavy (non-hydrogen) atoms. The average Bonchev–Trinajstić information content (AvgIpc) is 3.39. The molecule has 4 aromatic rings. The van der Waals surface area contributed by atoms with Crippen LogP contribution >= 0.6 is 11.8 Å². The lowest BCUT2D eigenvalue weighted by Crippen LogP contribution is -2.29. The maximum absolute atomic E-state index is 12.8. The average molecular weight is 392 g/mol. The summed E-state index contributed by atoms with van der Waals surface area (Å²) in [6, 6.07) is 17.4. The molecule has 6 nitrogen and oxygen atoms in total. The number of benzene rings is 2. The summed E-state index contributed by atoms with van der Waals surface area (Å²) in [6.45, 7) is 0. The molecule has 4 rings (SSSR count). The Bertz CT molecular complexity index is 1040. The fourth-order valence-corrected chi connectivity index (χ4v) is 3.53. The third kappa shape index (κ3) is 3.94. The van der Waals surface area contributed by atoms with E-state index in [9.17, 15) is 4.79 Å². The predicted octanol–water partition coefficient (Wildman–Crippen LogP) is 3.97. The highest BCUT2D eigenvalue weighted by Crippen LogP contribution is 2.20. The summed E-state index contributed by atoms with van der Waals surface area (Å²) in [5.41, 5.74) is 3.31. The normalized spacial score (nSPS) is 12.2. The van der Waals surface area contributed by atoms with Gasteiger partial charge in [-0.25, -0.2) is 9.67 Å². The Balaban J connectivity index is 1.55. The number of aromatic nitrogens is 4. The van der Waals surface area contributed by atoms with Crippen LogP contribution in [0.15, 0.2) is 67.0 Å². The number of H-pyrrole nitrogens is 1. The molecule has 0 fully saturated rings.